The summed E-state index contributed by atoms with van der Waals surface area (Å²) in [5.41, 5.74) is 5.91. The second-order valence-electron chi connectivity index (χ2n) is 3.43. The molecule has 0 bridgehead atoms. The molecule has 1 fully saturated rings. The Hall–Kier alpha value is -0.750. The Kier molecular flexibility index (Phi) is 3.48. The molecule has 0 unspecified atom stereocenters. The molecule has 82 valence electrons. The van der Waals surface area contributed by atoms with Crippen LogP contribution in [-0.4, -0.2) is 28.4 Å². The van der Waals surface area contributed by atoms with Crippen molar-refractivity contribution in [2.75, 3.05) is 17.2 Å². The Morgan fingerprint density at radius 1 is 1.53 bits per heavy atom. The van der Waals surface area contributed by atoms with Crippen LogP contribution in [-0.2, 0) is 0 Å². The van der Waals surface area contributed by atoms with Crippen LogP contribution in [0, 0.1) is 0 Å². The molecular weight excluding hydrogens is 230 g/mol. The predicted octanol–water partition coefficient (Wildman–Crippen LogP) is 1.35. The summed E-state index contributed by atoms with van der Waals surface area (Å²) in [7, 11) is 0. The summed E-state index contributed by atoms with van der Waals surface area (Å²) in [6.07, 6.45) is 2.10. The maximum atomic E-state index is 11.7. The molecule has 0 spiro atoms. The molecule has 0 aliphatic carbocycles. The quantitative estimate of drug-likeness (QED) is 0.823. The second kappa shape index (κ2) is 4.85. The highest BCUT2D eigenvalue weighted by atomic mass is 32.2. The molecule has 3 N–H and O–H groups in total. The van der Waals surface area contributed by atoms with Gasteiger partial charge in [-0.2, -0.15) is 11.8 Å². The fourth-order valence-corrected chi connectivity index (χ4v) is 3.14. The first-order valence-corrected chi connectivity index (χ1v) is 6.89. The van der Waals surface area contributed by atoms with Crippen LogP contribution < -0.4 is 11.1 Å². The maximum absolute atomic E-state index is 11.7. The van der Waals surface area contributed by atoms with E-state index in [9.17, 15) is 4.79 Å². The number of anilines is 1. The minimum absolute atomic E-state index is 0.0974. The lowest BCUT2D eigenvalue weighted by Gasteiger charge is -2.21. The van der Waals surface area contributed by atoms with Gasteiger partial charge in [-0.15, -0.1) is 11.3 Å². The van der Waals surface area contributed by atoms with Crippen molar-refractivity contribution in [3.05, 3.63) is 11.1 Å². The first kappa shape index (κ1) is 10.8. The minimum Gasteiger partial charge on any atom is -0.375 e. The number of carbonyl (C=O) groups excluding carboxylic acids is 1. The van der Waals surface area contributed by atoms with Crippen molar-refractivity contribution in [2.24, 2.45) is 0 Å². The monoisotopic (exact) mass is 243 g/mol. The van der Waals surface area contributed by atoms with Crippen LogP contribution in [0.2, 0.25) is 0 Å². The third-order valence-electron chi connectivity index (χ3n) is 2.31. The molecule has 0 atom stereocenters. The number of thioether (sulfide) groups is 1. The molecule has 1 saturated heterocycles. The van der Waals surface area contributed by atoms with Gasteiger partial charge in [-0.05, 0) is 24.3 Å². The molecule has 15 heavy (non-hydrogen) atoms. The van der Waals surface area contributed by atoms with Crippen molar-refractivity contribution in [3.8, 4) is 0 Å². The summed E-state index contributed by atoms with van der Waals surface area (Å²) in [5.74, 6) is 2.16. The van der Waals surface area contributed by atoms with Crippen LogP contribution in [0.25, 0.3) is 0 Å². The average Bonchev–Trinajstić information content (AvgIpc) is 2.66. The minimum atomic E-state index is -0.0974. The van der Waals surface area contributed by atoms with Crippen LogP contribution >= 0.6 is 23.1 Å². The van der Waals surface area contributed by atoms with E-state index in [2.05, 4.69) is 10.3 Å². The fourth-order valence-electron chi connectivity index (χ4n) is 1.49. The smallest absolute Gasteiger partial charge is 0.271 e. The van der Waals surface area contributed by atoms with E-state index >= 15 is 0 Å². The zero-order valence-corrected chi connectivity index (χ0v) is 9.87. The van der Waals surface area contributed by atoms with Gasteiger partial charge in [0.25, 0.3) is 5.91 Å². The largest absolute Gasteiger partial charge is 0.375 e. The molecule has 1 amide bonds. The lowest BCUT2D eigenvalue weighted by atomic mass is 10.1. The van der Waals surface area contributed by atoms with Crippen molar-refractivity contribution in [1.29, 1.82) is 0 Å². The summed E-state index contributed by atoms with van der Waals surface area (Å²) < 4.78 is 0. The van der Waals surface area contributed by atoms with Crippen molar-refractivity contribution < 1.29 is 4.79 Å². The van der Waals surface area contributed by atoms with Crippen LogP contribution in [0.5, 0.6) is 0 Å². The average molecular weight is 243 g/mol. The summed E-state index contributed by atoms with van der Waals surface area (Å²) in [5, 5.41) is 5.13. The zero-order chi connectivity index (χ0) is 10.7. The number of nitrogens with two attached hydrogens (primary N) is 1. The van der Waals surface area contributed by atoms with Gasteiger partial charge >= 0.3 is 0 Å². The van der Waals surface area contributed by atoms with E-state index in [1.165, 1.54) is 11.3 Å². The Morgan fingerprint density at radius 2 is 2.27 bits per heavy atom. The molecule has 0 aromatic carbocycles. The van der Waals surface area contributed by atoms with E-state index in [4.69, 9.17) is 5.73 Å². The lowest BCUT2D eigenvalue weighted by molar-refractivity contribution is 0.0930. The number of amides is 1. The molecule has 2 rings (SSSR count). The molecule has 1 aromatic heterocycles. The third-order valence-corrected chi connectivity index (χ3v) is 4.03. The number of nitrogen functional groups attached to an aromatic ring is 1. The molecule has 6 heteroatoms. The van der Waals surface area contributed by atoms with Gasteiger partial charge in [-0.1, -0.05) is 0 Å². The number of carbonyl (C=O) groups is 1. The number of thiazole rings is 1. The number of rotatable bonds is 2. The molecule has 2 heterocycles. The first-order valence-electron chi connectivity index (χ1n) is 4.85. The number of hydrogen-bond acceptors (Lipinski definition) is 5. The van der Waals surface area contributed by atoms with Crippen LogP contribution in [0.3, 0.4) is 0 Å². The first-order chi connectivity index (χ1) is 7.25. The fraction of sp³-hybridized carbons (Fsp3) is 0.556. The Balaban J connectivity index is 1.91. The molecule has 0 saturated carbocycles. The van der Waals surface area contributed by atoms with Gasteiger partial charge in [0.1, 0.15) is 5.69 Å². The highest BCUT2D eigenvalue weighted by molar-refractivity contribution is 7.99. The normalized spacial score (nSPS) is 17.6. The van der Waals surface area contributed by atoms with E-state index in [1.54, 1.807) is 5.38 Å². The van der Waals surface area contributed by atoms with Gasteiger partial charge in [-0.3, -0.25) is 4.79 Å². The maximum Gasteiger partial charge on any atom is 0.271 e. The summed E-state index contributed by atoms with van der Waals surface area (Å²) >= 11 is 3.24. The van der Waals surface area contributed by atoms with Crippen LogP contribution in [0.15, 0.2) is 5.38 Å². The van der Waals surface area contributed by atoms with E-state index in [1.807, 2.05) is 11.8 Å². The number of nitrogens with zero attached hydrogens (tertiary/aromatic N) is 1. The summed E-state index contributed by atoms with van der Waals surface area (Å²) in [6.45, 7) is 0. The van der Waals surface area contributed by atoms with Crippen molar-refractivity contribution in [1.82, 2.24) is 10.3 Å². The van der Waals surface area contributed by atoms with Gasteiger partial charge in [-0.25, -0.2) is 4.98 Å². The van der Waals surface area contributed by atoms with Crippen molar-refractivity contribution in [3.63, 3.8) is 0 Å². The number of nitrogens with one attached hydrogen (secondary N) is 1. The van der Waals surface area contributed by atoms with E-state index in [0.717, 1.165) is 24.3 Å². The van der Waals surface area contributed by atoms with E-state index in [0.29, 0.717) is 16.9 Å². The Morgan fingerprint density at radius 3 is 2.87 bits per heavy atom. The highest BCUT2D eigenvalue weighted by Gasteiger charge is 2.18. The standard InChI is InChI=1S/C9H13N3OS2/c10-9-12-7(5-15-9)8(13)11-6-1-3-14-4-2-6/h5-6H,1-4H2,(H2,10,12)(H,11,13). The number of aromatic nitrogens is 1. The topological polar surface area (TPSA) is 68.0 Å². The second-order valence-corrected chi connectivity index (χ2v) is 5.55. The van der Waals surface area contributed by atoms with Gasteiger partial charge < -0.3 is 11.1 Å². The third kappa shape index (κ3) is 2.85. The molecule has 4 nitrogen and oxygen atoms in total. The van der Waals surface area contributed by atoms with Crippen LogP contribution in [0.4, 0.5) is 5.13 Å². The molecule has 1 aliphatic heterocycles. The molecule has 1 aliphatic rings. The Bertz CT molecular complexity index is 347. The van der Waals surface area contributed by atoms with Gasteiger partial charge in [0.15, 0.2) is 5.13 Å². The molecule has 0 radical (unpaired) electrons. The summed E-state index contributed by atoms with van der Waals surface area (Å²) in [4.78, 5) is 15.7. The van der Waals surface area contributed by atoms with Gasteiger partial charge in [0.2, 0.25) is 0 Å². The predicted molar refractivity (Wildman–Crippen MR) is 64.3 cm³/mol. The van der Waals surface area contributed by atoms with Gasteiger partial charge in [0.05, 0.1) is 0 Å². The van der Waals surface area contributed by atoms with Crippen LogP contribution in [0.1, 0.15) is 23.3 Å². The lowest BCUT2D eigenvalue weighted by Crippen LogP contribution is -2.37. The Labute approximate surface area is 96.6 Å². The van der Waals surface area contributed by atoms with Crippen molar-refractivity contribution in [2.45, 2.75) is 18.9 Å². The SMILES string of the molecule is Nc1nc(C(=O)NC2CCSCC2)cs1. The number of hydrogen-bond donors (Lipinski definition) is 2. The zero-order valence-electron chi connectivity index (χ0n) is 8.23. The van der Waals surface area contributed by atoms with Gasteiger partial charge in [0, 0.05) is 11.4 Å². The highest BCUT2D eigenvalue weighted by Crippen LogP contribution is 2.18. The molecular formula is C9H13N3OS2. The van der Waals surface area contributed by atoms with E-state index < -0.39 is 0 Å². The molecule has 1 aromatic rings. The summed E-state index contributed by atoms with van der Waals surface area (Å²) in [6, 6.07) is 0.307. The van der Waals surface area contributed by atoms with Crippen molar-refractivity contribution >= 4 is 34.1 Å². The van der Waals surface area contributed by atoms with E-state index in [-0.39, 0.29) is 5.91 Å².